The van der Waals surface area contributed by atoms with Gasteiger partial charge in [0.05, 0.1) is 4.91 Å². The van der Waals surface area contributed by atoms with Crippen molar-refractivity contribution in [3.8, 4) is 6.07 Å². The molecule has 10 heteroatoms. The number of amides is 1. The van der Waals surface area contributed by atoms with E-state index in [-0.39, 0.29) is 28.9 Å². The van der Waals surface area contributed by atoms with Crippen LogP contribution in [0, 0.1) is 24.1 Å². The van der Waals surface area contributed by atoms with E-state index in [1.54, 1.807) is 37.1 Å². The van der Waals surface area contributed by atoms with Gasteiger partial charge in [-0.3, -0.25) is 19.1 Å². The van der Waals surface area contributed by atoms with Crippen LogP contribution in [0.5, 0.6) is 0 Å². The molecule has 4 rings (SSSR count). The summed E-state index contributed by atoms with van der Waals surface area (Å²) in [6.45, 7) is 8.14. The van der Waals surface area contributed by atoms with Crippen molar-refractivity contribution < 1.29 is 9.18 Å². The van der Waals surface area contributed by atoms with Crippen LogP contribution in [0.1, 0.15) is 30.5 Å². The second kappa shape index (κ2) is 9.84. The van der Waals surface area contributed by atoms with Gasteiger partial charge in [-0.1, -0.05) is 24.0 Å². The number of nitriles is 1. The third kappa shape index (κ3) is 4.58. The second-order valence-corrected chi connectivity index (χ2v) is 10.5. The molecular formula is C25H26FN5O2S2. The van der Waals surface area contributed by atoms with E-state index in [1.807, 2.05) is 19.9 Å². The van der Waals surface area contributed by atoms with E-state index in [0.717, 1.165) is 5.69 Å². The molecular weight excluding hydrogens is 485 g/mol. The number of carbonyl (C=O) groups is 1. The van der Waals surface area contributed by atoms with E-state index in [2.05, 4.69) is 9.80 Å². The van der Waals surface area contributed by atoms with Gasteiger partial charge in [0.1, 0.15) is 27.6 Å². The van der Waals surface area contributed by atoms with Gasteiger partial charge in [-0.05, 0) is 56.7 Å². The number of aromatic nitrogens is 1. The van der Waals surface area contributed by atoms with Crippen LogP contribution >= 0.6 is 24.0 Å². The van der Waals surface area contributed by atoms with Crippen molar-refractivity contribution in [2.75, 3.05) is 36.0 Å². The smallest absolute Gasteiger partial charge is 0.270 e. The molecule has 0 N–H and O–H groups in total. The van der Waals surface area contributed by atoms with Gasteiger partial charge in [-0.2, -0.15) is 5.26 Å². The lowest BCUT2D eigenvalue weighted by atomic mass is 10.0. The number of thioether (sulfide) groups is 1. The normalized spacial score (nSPS) is 17.6. The molecule has 2 fully saturated rings. The van der Waals surface area contributed by atoms with Crippen LogP contribution in [0.25, 0.3) is 6.08 Å². The van der Waals surface area contributed by atoms with Gasteiger partial charge in [0.25, 0.3) is 11.5 Å². The number of carbonyl (C=O) groups excluding carboxylic acids is 1. The topological polar surface area (TPSA) is 72.6 Å². The molecule has 3 heterocycles. The fourth-order valence-electron chi connectivity index (χ4n) is 4.48. The van der Waals surface area contributed by atoms with E-state index >= 15 is 0 Å². The molecule has 0 spiro atoms. The Labute approximate surface area is 213 Å². The Kier molecular flexibility index (Phi) is 7.01. The molecule has 1 aromatic carbocycles. The maximum Gasteiger partial charge on any atom is 0.270 e. The molecule has 0 atom stereocenters. The zero-order valence-corrected chi connectivity index (χ0v) is 21.7. The van der Waals surface area contributed by atoms with Crippen molar-refractivity contribution in [2.24, 2.45) is 7.05 Å². The highest BCUT2D eigenvalue weighted by atomic mass is 32.2. The first-order chi connectivity index (χ1) is 16.6. The Bertz CT molecular complexity index is 1320. The standard InChI is InChI=1S/C25H26FN5O2S2/c1-15(2)31-24(33)21(35-25(31)34)13-19-16(3)20(14-27)23(32)28(4)22(19)30-11-9-29(10-12-30)18-7-5-17(26)6-8-18/h5-8,13,15H,9-12H2,1-4H3. The van der Waals surface area contributed by atoms with Crippen molar-refractivity contribution in [1.29, 1.82) is 5.26 Å². The molecule has 0 unspecified atom stereocenters. The summed E-state index contributed by atoms with van der Waals surface area (Å²) in [5.41, 5.74) is 1.85. The first-order valence-electron chi connectivity index (χ1n) is 11.3. The molecule has 1 aromatic heterocycles. The van der Waals surface area contributed by atoms with Crippen molar-refractivity contribution in [2.45, 2.75) is 26.8 Å². The first-order valence-corrected chi connectivity index (χ1v) is 12.5. The zero-order valence-electron chi connectivity index (χ0n) is 20.0. The molecule has 0 aliphatic carbocycles. The van der Waals surface area contributed by atoms with Crippen LogP contribution in [0.2, 0.25) is 0 Å². The van der Waals surface area contributed by atoms with Gasteiger partial charge in [0.15, 0.2) is 0 Å². The molecule has 1 amide bonds. The van der Waals surface area contributed by atoms with E-state index in [0.29, 0.717) is 52.3 Å². The monoisotopic (exact) mass is 511 g/mol. The van der Waals surface area contributed by atoms with E-state index < -0.39 is 0 Å². The Hall–Kier alpha value is -3.16. The molecule has 7 nitrogen and oxygen atoms in total. The molecule has 0 bridgehead atoms. The van der Waals surface area contributed by atoms with Crippen molar-refractivity contribution in [3.05, 3.63) is 62.0 Å². The number of rotatable bonds is 4. The lowest BCUT2D eigenvalue weighted by Crippen LogP contribution is -2.48. The molecule has 182 valence electrons. The molecule has 0 radical (unpaired) electrons. The molecule has 2 aliphatic heterocycles. The maximum atomic E-state index is 13.3. The number of halogens is 1. The SMILES string of the molecule is Cc1c(C=C2SC(=S)N(C(C)C)C2=O)c(N2CCN(c3ccc(F)cc3)CC2)n(C)c(=O)c1C#N. The molecule has 35 heavy (non-hydrogen) atoms. The highest BCUT2D eigenvalue weighted by Crippen LogP contribution is 2.36. The summed E-state index contributed by atoms with van der Waals surface area (Å²) in [5.74, 6) is 0.219. The van der Waals surface area contributed by atoms with Crippen LogP contribution in [-0.4, -0.2) is 51.9 Å². The Morgan fingerprint density at radius 2 is 1.71 bits per heavy atom. The van der Waals surface area contributed by atoms with Crippen LogP contribution in [0.4, 0.5) is 15.9 Å². The number of hydrogen-bond donors (Lipinski definition) is 0. The summed E-state index contributed by atoms with van der Waals surface area (Å²) in [4.78, 5) is 32.4. The number of anilines is 2. The fourth-order valence-corrected chi connectivity index (χ4v) is 5.98. The predicted octanol–water partition coefficient (Wildman–Crippen LogP) is 3.64. The number of thiocarbonyl (C=S) groups is 1. The molecule has 2 aromatic rings. The number of piperazine rings is 1. The second-order valence-electron chi connectivity index (χ2n) is 8.81. The third-order valence-corrected chi connectivity index (χ3v) is 7.68. The number of nitrogens with zero attached hydrogens (tertiary/aromatic N) is 5. The van der Waals surface area contributed by atoms with Crippen LogP contribution < -0.4 is 15.4 Å². The van der Waals surface area contributed by atoms with Gasteiger partial charge in [0.2, 0.25) is 0 Å². The lowest BCUT2D eigenvalue weighted by molar-refractivity contribution is -0.123. The average molecular weight is 512 g/mol. The van der Waals surface area contributed by atoms with E-state index in [9.17, 15) is 19.2 Å². The molecule has 2 aliphatic rings. The van der Waals surface area contributed by atoms with Gasteiger partial charge in [0, 0.05) is 50.5 Å². The van der Waals surface area contributed by atoms with E-state index in [4.69, 9.17) is 12.2 Å². The quantitative estimate of drug-likeness (QED) is 0.458. The van der Waals surface area contributed by atoms with Crippen LogP contribution in [-0.2, 0) is 11.8 Å². The van der Waals surface area contributed by atoms with Gasteiger partial charge in [-0.25, -0.2) is 4.39 Å². The summed E-state index contributed by atoms with van der Waals surface area (Å²) >= 11 is 6.65. The Balaban J connectivity index is 1.74. The largest absolute Gasteiger partial charge is 0.368 e. The Morgan fingerprint density at radius 3 is 2.26 bits per heavy atom. The summed E-state index contributed by atoms with van der Waals surface area (Å²) in [5, 5.41) is 9.67. The van der Waals surface area contributed by atoms with Gasteiger partial charge >= 0.3 is 0 Å². The number of pyridine rings is 1. The van der Waals surface area contributed by atoms with Crippen molar-refractivity contribution in [3.63, 3.8) is 0 Å². The molecule has 2 saturated heterocycles. The fraction of sp³-hybridized carbons (Fsp3) is 0.360. The predicted molar refractivity (Wildman–Crippen MR) is 142 cm³/mol. The minimum absolute atomic E-state index is 0.0618. The minimum Gasteiger partial charge on any atom is -0.368 e. The van der Waals surface area contributed by atoms with Crippen LogP contribution in [0.3, 0.4) is 0 Å². The minimum atomic E-state index is -0.368. The first kappa shape index (κ1) is 24.9. The Morgan fingerprint density at radius 1 is 1.11 bits per heavy atom. The van der Waals surface area contributed by atoms with E-state index in [1.165, 1.54) is 28.5 Å². The highest BCUT2D eigenvalue weighted by molar-refractivity contribution is 8.26. The summed E-state index contributed by atoms with van der Waals surface area (Å²) < 4.78 is 15.3. The summed E-state index contributed by atoms with van der Waals surface area (Å²) in [6.07, 6.45) is 1.76. The maximum absolute atomic E-state index is 13.3. The average Bonchev–Trinajstić information content (AvgIpc) is 3.11. The number of benzene rings is 1. The lowest BCUT2D eigenvalue weighted by Gasteiger charge is -2.38. The molecule has 0 saturated carbocycles. The highest BCUT2D eigenvalue weighted by Gasteiger charge is 2.35. The summed E-state index contributed by atoms with van der Waals surface area (Å²) in [7, 11) is 1.65. The zero-order chi connectivity index (χ0) is 25.4. The third-order valence-electron chi connectivity index (χ3n) is 6.35. The summed E-state index contributed by atoms with van der Waals surface area (Å²) in [6, 6.07) is 8.37. The van der Waals surface area contributed by atoms with Crippen molar-refractivity contribution >= 4 is 51.8 Å². The number of hydrogen-bond acceptors (Lipinski definition) is 7. The van der Waals surface area contributed by atoms with Crippen LogP contribution in [0.15, 0.2) is 34.0 Å². The van der Waals surface area contributed by atoms with Gasteiger partial charge in [-0.15, -0.1) is 0 Å². The van der Waals surface area contributed by atoms with Gasteiger partial charge < -0.3 is 9.80 Å². The van der Waals surface area contributed by atoms with Crippen molar-refractivity contribution in [1.82, 2.24) is 9.47 Å².